The highest BCUT2D eigenvalue weighted by atomic mass is 16.5. The molecule has 0 amide bonds. The summed E-state index contributed by atoms with van der Waals surface area (Å²) in [5, 5.41) is 3.56. The third kappa shape index (κ3) is 5.01. The fourth-order valence-electron chi connectivity index (χ4n) is 2.70. The number of ether oxygens (including phenoxy) is 2. The van der Waals surface area contributed by atoms with Crippen LogP contribution in [0.25, 0.3) is 0 Å². The zero-order chi connectivity index (χ0) is 15.3. The molecular formula is C18H29NO2. The van der Waals surface area contributed by atoms with Crippen molar-refractivity contribution in [2.24, 2.45) is 0 Å². The van der Waals surface area contributed by atoms with Crippen LogP contribution in [-0.4, -0.2) is 24.8 Å². The Morgan fingerprint density at radius 3 is 2.57 bits per heavy atom. The highest BCUT2D eigenvalue weighted by molar-refractivity contribution is 5.27. The van der Waals surface area contributed by atoms with Gasteiger partial charge in [0.05, 0.1) is 19.3 Å². The van der Waals surface area contributed by atoms with Crippen LogP contribution in [0.1, 0.15) is 52.0 Å². The van der Waals surface area contributed by atoms with Crippen molar-refractivity contribution in [2.45, 2.75) is 64.2 Å². The summed E-state index contributed by atoms with van der Waals surface area (Å²) >= 11 is 0. The molecule has 0 aliphatic heterocycles. The van der Waals surface area contributed by atoms with Gasteiger partial charge in [0.15, 0.2) is 0 Å². The number of methoxy groups -OCH3 is 1. The van der Waals surface area contributed by atoms with Gasteiger partial charge in [0, 0.05) is 5.54 Å². The van der Waals surface area contributed by atoms with Gasteiger partial charge in [0.1, 0.15) is 5.75 Å². The van der Waals surface area contributed by atoms with Crippen LogP contribution < -0.4 is 10.1 Å². The van der Waals surface area contributed by atoms with Gasteiger partial charge in [-0.15, -0.1) is 0 Å². The van der Waals surface area contributed by atoms with Crippen molar-refractivity contribution in [3.63, 3.8) is 0 Å². The predicted octanol–water partition coefficient (Wildman–Crippen LogP) is 3.91. The van der Waals surface area contributed by atoms with Gasteiger partial charge in [-0.3, -0.25) is 0 Å². The monoisotopic (exact) mass is 291 g/mol. The molecule has 0 spiro atoms. The van der Waals surface area contributed by atoms with E-state index < -0.39 is 0 Å². The predicted molar refractivity (Wildman–Crippen MR) is 86.7 cm³/mol. The lowest BCUT2D eigenvalue weighted by molar-refractivity contribution is -0.114. The highest BCUT2D eigenvalue weighted by Gasteiger charge is 2.37. The van der Waals surface area contributed by atoms with E-state index in [-0.39, 0.29) is 11.1 Å². The summed E-state index contributed by atoms with van der Waals surface area (Å²) in [4.78, 5) is 0. The summed E-state index contributed by atoms with van der Waals surface area (Å²) in [7, 11) is 1.70. The van der Waals surface area contributed by atoms with Gasteiger partial charge < -0.3 is 14.8 Å². The highest BCUT2D eigenvalue weighted by Crippen LogP contribution is 2.39. The average Bonchev–Trinajstić information content (AvgIpc) is 2.40. The Morgan fingerprint density at radius 1 is 1.24 bits per heavy atom. The molecule has 0 bridgehead atoms. The molecule has 1 aromatic rings. The number of hydrogen-bond acceptors (Lipinski definition) is 3. The van der Waals surface area contributed by atoms with Crippen LogP contribution in [0.3, 0.4) is 0 Å². The van der Waals surface area contributed by atoms with Crippen LogP contribution in [0.4, 0.5) is 0 Å². The molecule has 0 radical (unpaired) electrons. The summed E-state index contributed by atoms with van der Waals surface area (Å²) in [6, 6.07) is 8.14. The van der Waals surface area contributed by atoms with Crippen molar-refractivity contribution in [3.8, 4) is 5.75 Å². The summed E-state index contributed by atoms with van der Waals surface area (Å²) < 4.78 is 11.5. The number of rotatable bonds is 7. The molecule has 1 aliphatic rings. The van der Waals surface area contributed by atoms with E-state index in [2.05, 4.69) is 38.2 Å². The van der Waals surface area contributed by atoms with E-state index in [9.17, 15) is 0 Å². The minimum absolute atomic E-state index is 0.0846. The van der Waals surface area contributed by atoms with Crippen molar-refractivity contribution in [1.29, 1.82) is 0 Å². The van der Waals surface area contributed by atoms with Gasteiger partial charge >= 0.3 is 0 Å². The molecule has 0 unspecified atom stereocenters. The fourth-order valence-corrected chi connectivity index (χ4v) is 2.70. The minimum Gasteiger partial charge on any atom is -0.497 e. The average molecular weight is 291 g/mol. The molecule has 1 fully saturated rings. The van der Waals surface area contributed by atoms with E-state index in [1.54, 1.807) is 7.11 Å². The first-order valence-corrected chi connectivity index (χ1v) is 7.94. The molecule has 0 atom stereocenters. The maximum absolute atomic E-state index is 6.27. The van der Waals surface area contributed by atoms with Crippen molar-refractivity contribution in [1.82, 2.24) is 5.32 Å². The molecule has 118 valence electrons. The van der Waals surface area contributed by atoms with Crippen LogP contribution in [0.15, 0.2) is 24.3 Å². The van der Waals surface area contributed by atoms with Gasteiger partial charge in [-0.25, -0.2) is 0 Å². The SMILES string of the molecule is COc1cccc(COC2(CCNC(C)(C)C)CCC2)c1. The van der Waals surface area contributed by atoms with Crippen molar-refractivity contribution in [3.05, 3.63) is 29.8 Å². The Bertz CT molecular complexity index is 447. The largest absolute Gasteiger partial charge is 0.497 e. The minimum atomic E-state index is 0.0846. The van der Waals surface area contributed by atoms with Crippen molar-refractivity contribution < 1.29 is 9.47 Å². The van der Waals surface area contributed by atoms with Gasteiger partial charge in [-0.05, 0) is 70.7 Å². The fraction of sp³-hybridized carbons (Fsp3) is 0.667. The molecule has 1 aliphatic carbocycles. The zero-order valence-corrected chi connectivity index (χ0v) is 13.9. The quantitative estimate of drug-likeness (QED) is 0.826. The Hall–Kier alpha value is -1.06. The molecule has 1 aromatic carbocycles. The molecule has 1 N–H and O–H groups in total. The smallest absolute Gasteiger partial charge is 0.119 e. The molecule has 0 saturated heterocycles. The Kier molecular flexibility index (Phi) is 5.28. The third-order valence-electron chi connectivity index (χ3n) is 4.18. The van der Waals surface area contributed by atoms with Gasteiger partial charge in [-0.2, -0.15) is 0 Å². The summed E-state index contributed by atoms with van der Waals surface area (Å²) in [6.07, 6.45) is 4.74. The first-order valence-electron chi connectivity index (χ1n) is 7.94. The maximum Gasteiger partial charge on any atom is 0.119 e. The lowest BCUT2D eigenvalue weighted by Gasteiger charge is -2.42. The van der Waals surface area contributed by atoms with E-state index in [1.807, 2.05) is 12.1 Å². The number of benzene rings is 1. The second-order valence-electron chi connectivity index (χ2n) is 7.10. The van der Waals surface area contributed by atoms with Gasteiger partial charge in [-0.1, -0.05) is 12.1 Å². The summed E-state index contributed by atoms with van der Waals surface area (Å²) in [5.41, 5.74) is 1.45. The Labute approximate surface area is 129 Å². The summed E-state index contributed by atoms with van der Waals surface area (Å²) in [5.74, 6) is 0.896. The van der Waals surface area contributed by atoms with Crippen molar-refractivity contribution >= 4 is 0 Å². The summed E-state index contributed by atoms with van der Waals surface area (Å²) in [6.45, 7) is 8.31. The molecule has 3 nitrogen and oxygen atoms in total. The van der Waals surface area contributed by atoms with E-state index in [0.717, 1.165) is 18.7 Å². The van der Waals surface area contributed by atoms with E-state index >= 15 is 0 Å². The molecule has 0 heterocycles. The van der Waals surface area contributed by atoms with Gasteiger partial charge in [0.2, 0.25) is 0 Å². The van der Waals surface area contributed by atoms with E-state index in [1.165, 1.54) is 24.8 Å². The molecule has 2 rings (SSSR count). The standard InChI is InChI=1S/C18H29NO2/c1-17(2,3)19-12-11-18(9-6-10-18)21-14-15-7-5-8-16(13-15)20-4/h5,7-8,13,19H,6,9-12,14H2,1-4H3. The van der Waals surface area contributed by atoms with E-state index in [4.69, 9.17) is 9.47 Å². The third-order valence-corrected chi connectivity index (χ3v) is 4.18. The van der Waals surface area contributed by atoms with Crippen LogP contribution >= 0.6 is 0 Å². The molecule has 0 aromatic heterocycles. The first kappa shape index (κ1) is 16.3. The molecule has 21 heavy (non-hydrogen) atoms. The Morgan fingerprint density at radius 2 is 2.00 bits per heavy atom. The topological polar surface area (TPSA) is 30.5 Å². The zero-order valence-electron chi connectivity index (χ0n) is 13.9. The lowest BCUT2D eigenvalue weighted by atomic mass is 9.77. The molecular weight excluding hydrogens is 262 g/mol. The van der Waals surface area contributed by atoms with Crippen LogP contribution in [0.5, 0.6) is 5.75 Å². The van der Waals surface area contributed by atoms with Crippen LogP contribution in [0, 0.1) is 0 Å². The lowest BCUT2D eigenvalue weighted by Crippen LogP contribution is -2.45. The van der Waals surface area contributed by atoms with Crippen molar-refractivity contribution in [2.75, 3.05) is 13.7 Å². The Balaban J connectivity index is 1.84. The van der Waals surface area contributed by atoms with Gasteiger partial charge in [0.25, 0.3) is 0 Å². The second kappa shape index (κ2) is 6.80. The number of nitrogens with one attached hydrogen (secondary N) is 1. The van der Waals surface area contributed by atoms with E-state index in [0.29, 0.717) is 6.61 Å². The molecule has 1 saturated carbocycles. The second-order valence-corrected chi connectivity index (χ2v) is 7.10. The normalized spacial score (nSPS) is 17.3. The first-order chi connectivity index (χ1) is 9.92. The molecule has 3 heteroatoms. The maximum atomic E-state index is 6.27. The van der Waals surface area contributed by atoms with Crippen LogP contribution in [0.2, 0.25) is 0 Å². The number of hydrogen-bond donors (Lipinski definition) is 1. The van der Waals surface area contributed by atoms with Crippen LogP contribution in [-0.2, 0) is 11.3 Å².